The molecule has 0 atom stereocenters. The molecular formula is C10H5ClFNOS. The smallest absolute Gasteiger partial charge is 0.272 e. The molecule has 0 amide bonds. The maximum Gasteiger partial charge on any atom is 0.272 e. The second-order valence-corrected chi connectivity index (χ2v) is 4.01. The Morgan fingerprint density at radius 2 is 2.27 bits per heavy atom. The SMILES string of the molecule is O=C(Cl)c1ncsc1-c1cccc(F)c1. The highest BCUT2D eigenvalue weighted by Crippen LogP contribution is 2.28. The molecule has 0 fully saturated rings. The van der Waals surface area contributed by atoms with Crippen molar-refractivity contribution in [1.82, 2.24) is 4.98 Å². The third kappa shape index (κ3) is 2.06. The van der Waals surface area contributed by atoms with Gasteiger partial charge >= 0.3 is 0 Å². The van der Waals surface area contributed by atoms with Crippen LogP contribution in [0.2, 0.25) is 0 Å². The zero-order chi connectivity index (χ0) is 10.8. The Bertz CT molecular complexity index is 512. The van der Waals surface area contributed by atoms with Gasteiger partial charge in [0.1, 0.15) is 11.5 Å². The standard InChI is InChI=1S/C10H5ClFNOS/c11-10(14)8-9(15-5-13-8)6-2-1-3-7(12)4-6/h1-5H. The summed E-state index contributed by atoms with van der Waals surface area (Å²) in [6.45, 7) is 0. The predicted octanol–water partition coefficient (Wildman–Crippen LogP) is 3.33. The molecule has 0 saturated carbocycles. The summed E-state index contributed by atoms with van der Waals surface area (Å²) < 4.78 is 13.0. The number of hydrogen-bond acceptors (Lipinski definition) is 3. The van der Waals surface area contributed by atoms with Crippen molar-refractivity contribution in [2.24, 2.45) is 0 Å². The highest BCUT2D eigenvalue weighted by molar-refractivity contribution is 7.13. The lowest BCUT2D eigenvalue weighted by molar-refractivity contribution is 0.107. The van der Waals surface area contributed by atoms with E-state index >= 15 is 0 Å². The number of benzene rings is 1. The maximum atomic E-state index is 13.0. The van der Waals surface area contributed by atoms with Gasteiger partial charge in [-0.15, -0.1) is 11.3 Å². The van der Waals surface area contributed by atoms with Crippen LogP contribution >= 0.6 is 22.9 Å². The monoisotopic (exact) mass is 241 g/mol. The molecule has 15 heavy (non-hydrogen) atoms. The van der Waals surface area contributed by atoms with Crippen molar-refractivity contribution in [2.45, 2.75) is 0 Å². The Kier molecular flexibility index (Phi) is 2.79. The van der Waals surface area contributed by atoms with Gasteiger partial charge < -0.3 is 0 Å². The first-order chi connectivity index (χ1) is 7.18. The highest BCUT2D eigenvalue weighted by Gasteiger charge is 2.14. The molecule has 0 saturated heterocycles. The van der Waals surface area contributed by atoms with Gasteiger partial charge in [0.05, 0.1) is 10.4 Å². The van der Waals surface area contributed by atoms with E-state index in [2.05, 4.69) is 4.98 Å². The number of thiazole rings is 1. The van der Waals surface area contributed by atoms with Crippen LogP contribution in [0.5, 0.6) is 0 Å². The molecule has 1 heterocycles. The summed E-state index contributed by atoms with van der Waals surface area (Å²) in [4.78, 5) is 15.4. The van der Waals surface area contributed by atoms with Crippen LogP contribution in [0.25, 0.3) is 10.4 Å². The Labute approximate surface area is 94.3 Å². The zero-order valence-corrected chi connectivity index (χ0v) is 8.98. The van der Waals surface area contributed by atoms with Crippen molar-refractivity contribution < 1.29 is 9.18 Å². The summed E-state index contributed by atoms with van der Waals surface area (Å²) in [6, 6.07) is 5.97. The molecule has 5 heteroatoms. The zero-order valence-electron chi connectivity index (χ0n) is 7.41. The molecule has 1 aromatic heterocycles. The van der Waals surface area contributed by atoms with Crippen LogP contribution in [-0.4, -0.2) is 10.2 Å². The Morgan fingerprint density at radius 3 is 2.93 bits per heavy atom. The molecular weight excluding hydrogens is 237 g/mol. The molecule has 0 aliphatic carbocycles. The van der Waals surface area contributed by atoms with E-state index in [1.807, 2.05) is 0 Å². The lowest BCUT2D eigenvalue weighted by Crippen LogP contribution is -1.91. The molecule has 2 nitrogen and oxygen atoms in total. The van der Waals surface area contributed by atoms with Crippen LogP contribution in [-0.2, 0) is 0 Å². The fraction of sp³-hybridized carbons (Fsp3) is 0. The van der Waals surface area contributed by atoms with Gasteiger partial charge in [0.15, 0.2) is 0 Å². The Morgan fingerprint density at radius 1 is 1.47 bits per heavy atom. The molecule has 2 aromatic rings. The maximum absolute atomic E-state index is 13.0. The first kappa shape index (κ1) is 10.3. The molecule has 0 aliphatic heterocycles. The number of halogens is 2. The minimum atomic E-state index is -0.629. The van der Waals surface area contributed by atoms with E-state index in [4.69, 9.17) is 11.6 Å². The second-order valence-electron chi connectivity index (χ2n) is 2.81. The predicted molar refractivity (Wildman–Crippen MR) is 57.7 cm³/mol. The average molecular weight is 242 g/mol. The van der Waals surface area contributed by atoms with Crippen molar-refractivity contribution in [3.8, 4) is 10.4 Å². The fourth-order valence-electron chi connectivity index (χ4n) is 1.22. The van der Waals surface area contributed by atoms with Gasteiger partial charge in [0, 0.05) is 0 Å². The molecule has 0 radical (unpaired) electrons. The van der Waals surface area contributed by atoms with Gasteiger partial charge in [0.25, 0.3) is 5.24 Å². The van der Waals surface area contributed by atoms with Crippen molar-refractivity contribution in [1.29, 1.82) is 0 Å². The number of carbonyl (C=O) groups excluding carboxylic acids is 1. The molecule has 0 unspecified atom stereocenters. The Balaban J connectivity index is 2.54. The fourth-order valence-corrected chi connectivity index (χ4v) is 2.20. The van der Waals surface area contributed by atoms with Gasteiger partial charge in [-0.2, -0.15) is 0 Å². The van der Waals surface area contributed by atoms with E-state index in [0.29, 0.717) is 10.4 Å². The molecule has 0 N–H and O–H groups in total. The van der Waals surface area contributed by atoms with Crippen LogP contribution in [0.4, 0.5) is 4.39 Å². The first-order valence-corrected chi connectivity index (χ1v) is 5.33. The van der Waals surface area contributed by atoms with Gasteiger partial charge in [-0.1, -0.05) is 12.1 Å². The molecule has 2 rings (SSSR count). The number of rotatable bonds is 2. The summed E-state index contributed by atoms with van der Waals surface area (Å²) in [5, 5.41) is -0.629. The lowest BCUT2D eigenvalue weighted by atomic mass is 10.1. The topological polar surface area (TPSA) is 30.0 Å². The quantitative estimate of drug-likeness (QED) is 0.755. The number of aromatic nitrogens is 1. The van der Waals surface area contributed by atoms with Gasteiger partial charge in [0.2, 0.25) is 0 Å². The summed E-state index contributed by atoms with van der Waals surface area (Å²) in [5.74, 6) is -0.353. The minimum absolute atomic E-state index is 0.173. The normalized spacial score (nSPS) is 10.3. The molecule has 0 aliphatic rings. The first-order valence-electron chi connectivity index (χ1n) is 4.08. The van der Waals surface area contributed by atoms with E-state index in [-0.39, 0.29) is 11.5 Å². The summed E-state index contributed by atoms with van der Waals surface area (Å²) in [7, 11) is 0. The molecule has 1 aromatic carbocycles. The van der Waals surface area contributed by atoms with Crippen LogP contribution in [0, 0.1) is 5.82 Å². The average Bonchev–Trinajstić information content (AvgIpc) is 2.65. The van der Waals surface area contributed by atoms with E-state index in [0.717, 1.165) is 0 Å². The molecule has 0 bridgehead atoms. The largest absolute Gasteiger partial charge is 0.274 e. The van der Waals surface area contributed by atoms with E-state index in [1.165, 1.54) is 29.0 Å². The van der Waals surface area contributed by atoms with Crippen molar-refractivity contribution in [3.05, 3.63) is 41.3 Å². The second kappa shape index (κ2) is 4.08. The van der Waals surface area contributed by atoms with Gasteiger partial charge in [-0.3, -0.25) is 4.79 Å². The molecule has 0 spiro atoms. The third-order valence-electron chi connectivity index (χ3n) is 1.84. The summed E-state index contributed by atoms with van der Waals surface area (Å²) in [5.41, 5.74) is 2.30. The van der Waals surface area contributed by atoms with Crippen LogP contribution in [0.1, 0.15) is 10.5 Å². The van der Waals surface area contributed by atoms with E-state index in [9.17, 15) is 9.18 Å². The van der Waals surface area contributed by atoms with Crippen LogP contribution in [0.3, 0.4) is 0 Å². The third-order valence-corrected chi connectivity index (χ3v) is 2.89. The van der Waals surface area contributed by atoms with Crippen molar-refractivity contribution in [2.75, 3.05) is 0 Å². The number of hydrogen-bond donors (Lipinski definition) is 0. The van der Waals surface area contributed by atoms with Gasteiger partial charge in [-0.05, 0) is 29.3 Å². The summed E-state index contributed by atoms with van der Waals surface area (Å²) in [6.07, 6.45) is 0. The van der Waals surface area contributed by atoms with Gasteiger partial charge in [-0.25, -0.2) is 9.37 Å². The van der Waals surface area contributed by atoms with Crippen molar-refractivity contribution in [3.63, 3.8) is 0 Å². The lowest BCUT2D eigenvalue weighted by Gasteiger charge is -1.98. The van der Waals surface area contributed by atoms with Crippen molar-refractivity contribution >= 4 is 28.2 Å². The highest BCUT2D eigenvalue weighted by atomic mass is 35.5. The van der Waals surface area contributed by atoms with Crippen LogP contribution in [0.15, 0.2) is 29.8 Å². The number of carbonyl (C=O) groups is 1. The van der Waals surface area contributed by atoms with E-state index in [1.54, 1.807) is 12.1 Å². The minimum Gasteiger partial charge on any atom is -0.274 e. The summed E-state index contributed by atoms with van der Waals surface area (Å²) >= 11 is 6.61. The molecule has 76 valence electrons. The number of nitrogens with zero attached hydrogens (tertiary/aromatic N) is 1. The van der Waals surface area contributed by atoms with Crippen LogP contribution < -0.4 is 0 Å². The Hall–Kier alpha value is -1.26. The van der Waals surface area contributed by atoms with E-state index < -0.39 is 5.24 Å².